The lowest BCUT2D eigenvalue weighted by molar-refractivity contribution is 0.0948. The first-order valence-electron chi connectivity index (χ1n) is 12.2. The lowest BCUT2D eigenvalue weighted by Gasteiger charge is -2.20. The topological polar surface area (TPSA) is 84.2 Å². The van der Waals surface area contributed by atoms with E-state index in [0.29, 0.717) is 23.8 Å². The Morgan fingerprint density at radius 1 is 1.14 bits per heavy atom. The molecule has 4 aromatic rings. The van der Waals surface area contributed by atoms with Crippen molar-refractivity contribution in [2.75, 3.05) is 32.5 Å². The fourth-order valence-electron chi connectivity index (χ4n) is 4.86. The lowest BCUT2D eigenvalue weighted by Crippen LogP contribution is -2.26. The van der Waals surface area contributed by atoms with E-state index in [1.54, 1.807) is 0 Å². The largest absolute Gasteiger partial charge is 0.350 e. The number of nitrogens with one attached hydrogen (secondary N) is 2. The quantitative estimate of drug-likeness (QED) is 0.442. The summed E-state index contributed by atoms with van der Waals surface area (Å²) in [6.45, 7) is 6.58. The van der Waals surface area contributed by atoms with Crippen LogP contribution in [-0.2, 0) is 6.54 Å². The number of aryl methyl sites for hydroxylation is 1. The van der Waals surface area contributed by atoms with Crippen LogP contribution in [0, 0.1) is 5.92 Å². The summed E-state index contributed by atoms with van der Waals surface area (Å²) in [5, 5.41) is 6.99. The minimum atomic E-state index is -0.217. The van der Waals surface area contributed by atoms with E-state index in [0.717, 1.165) is 41.4 Å². The van der Waals surface area contributed by atoms with Crippen molar-refractivity contribution >= 4 is 39.7 Å². The molecule has 2 amide bonds. The van der Waals surface area contributed by atoms with Gasteiger partial charge < -0.3 is 19.4 Å². The average molecular weight is 473 g/mol. The Morgan fingerprint density at radius 3 is 2.74 bits per heavy atom. The molecule has 5 rings (SSSR count). The Kier molecular flexibility index (Phi) is 6.06. The zero-order valence-corrected chi connectivity index (χ0v) is 20.7. The van der Waals surface area contributed by atoms with Gasteiger partial charge in [0.25, 0.3) is 11.8 Å². The first kappa shape index (κ1) is 23.1. The van der Waals surface area contributed by atoms with Gasteiger partial charge in [-0.15, -0.1) is 0 Å². The van der Waals surface area contributed by atoms with Crippen LogP contribution in [0.15, 0.2) is 48.5 Å². The molecule has 0 saturated heterocycles. The van der Waals surface area contributed by atoms with Crippen LogP contribution in [0.4, 0.5) is 5.95 Å². The summed E-state index contributed by atoms with van der Waals surface area (Å²) in [6.07, 6.45) is 0.941. The van der Waals surface area contributed by atoms with E-state index in [2.05, 4.69) is 52.6 Å². The predicted octanol–water partition coefficient (Wildman–Crippen LogP) is 4.14. The number of fused-ring (bicyclic) bond motifs is 4. The van der Waals surface area contributed by atoms with Crippen molar-refractivity contribution < 1.29 is 9.59 Å². The molecule has 1 aliphatic rings. The monoisotopic (exact) mass is 472 g/mol. The number of rotatable bonds is 6. The average Bonchev–Trinajstić information content (AvgIpc) is 3.36. The van der Waals surface area contributed by atoms with Crippen LogP contribution >= 0.6 is 0 Å². The molecule has 0 aliphatic carbocycles. The molecule has 8 nitrogen and oxygen atoms in total. The summed E-state index contributed by atoms with van der Waals surface area (Å²) in [5.74, 6) is 0.529. The summed E-state index contributed by atoms with van der Waals surface area (Å²) in [5.41, 5.74) is 3.92. The Morgan fingerprint density at radius 2 is 1.94 bits per heavy atom. The van der Waals surface area contributed by atoms with Crippen LogP contribution in [0.5, 0.6) is 0 Å². The molecular weight excluding hydrogens is 440 g/mol. The summed E-state index contributed by atoms with van der Waals surface area (Å²) >= 11 is 0. The van der Waals surface area contributed by atoms with Gasteiger partial charge in [0.1, 0.15) is 5.69 Å². The Labute approximate surface area is 204 Å². The number of nitrogens with zero attached hydrogens (tertiary/aromatic N) is 4. The standard InChI is InChI=1S/C27H32N6O2/c1-17-16-28-26(35)24-14-19-10-11-20(15-23(19)33(24)18(17)2)25(34)30-27-29-21-8-5-6-9-22(21)32(27)13-7-12-31(3)4/h5-6,8-11,14-15,17-18H,7,12-13,16H2,1-4H3,(H,28,35)(H,29,30,34). The number of aromatic nitrogens is 3. The van der Waals surface area contributed by atoms with E-state index >= 15 is 0 Å². The number of anilines is 1. The van der Waals surface area contributed by atoms with Crippen molar-refractivity contribution in [3.8, 4) is 0 Å². The summed E-state index contributed by atoms with van der Waals surface area (Å²) in [4.78, 5) is 32.9. The van der Waals surface area contributed by atoms with Gasteiger partial charge in [0.15, 0.2) is 0 Å². The van der Waals surface area contributed by atoms with E-state index in [-0.39, 0.29) is 23.8 Å². The maximum Gasteiger partial charge on any atom is 0.267 e. The smallest absolute Gasteiger partial charge is 0.267 e. The van der Waals surface area contributed by atoms with Crippen molar-refractivity contribution in [3.05, 3.63) is 59.8 Å². The van der Waals surface area contributed by atoms with E-state index in [4.69, 9.17) is 4.98 Å². The van der Waals surface area contributed by atoms with E-state index < -0.39 is 0 Å². The van der Waals surface area contributed by atoms with Gasteiger partial charge >= 0.3 is 0 Å². The molecule has 1 aliphatic heterocycles. The van der Waals surface area contributed by atoms with Gasteiger partial charge in [-0.3, -0.25) is 14.9 Å². The molecule has 0 spiro atoms. The Bertz CT molecular complexity index is 1420. The summed E-state index contributed by atoms with van der Waals surface area (Å²) < 4.78 is 4.14. The molecule has 0 saturated carbocycles. The molecule has 2 aromatic carbocycles. The SMILES string of the molecule is CC1CNC(=O)c2cc3ccc(C(=O)Nc4nc5ccccc5n4CCCN(C)C)cc3n2C1C. The minimum absolute atomic E-state index is 0.0742. The second-order valence-electron chi connectivity index (χ2n) is 9.79. The van der Waals surface area contributed by atoms with Gasteiger partial charge in [-0.2, -0.15) is 0 Å². The van der Waals surface area contributed by atoms with Crippen molar-refractivity contribution in [2.45, 2.75) is 32.9 Å². The van der Waals surface area contributed by atoms with Crippen LogP contribution in [0.1, 0.15) is 47.2 Å². The Balaban J connectivity index is 1.49. The molecular formula is C27H32N6O2. The first-order valence-corrected chi connectivity index (χ1v) is 12.2. The fourth-order valence-corrected chi connectivity index (χ4v) is 4.86. The number of carbonyl (C=O) groups is 2. The van der Waals surface area contributed by atoms with Crippen LogP contribution < -0.4 is 10.6 Å². The zero-order chi connectivity index (χ0) is 24.7. The van der Waals surface area contributed by atoms with Gasteiger partial charge in [-0.05, 0) is 70.2 Å². The molecule has 35 heavy (non-hydrogen) atoms. The van der Waals surface area contributed by atoms with Crippen LogP contribution in [0.25, 0.3) is 21.9 Å². The number of imidazole rings is 1. The third-order valence-corrected chi connectivity index (χ3v) is 7.02. The zero-order valence-electron chi connectivity index (χ0n) is 20.7. The number of amides is 2. The van der Waals surface area contributed by atoms with Gasteiger partial charge in [0.2, 0.25) is 5.95 Å². The molecule has 2 unspecified atom stereocenters. The first-order chi connectivity index (χ1) is 16.8. The highest BCUT2D eigenvalue weighted by Gasteiger charge is 2.27. The van der Waals surface area contributed by atoms with E-state index in [9.17, 15) is 9.59 Å². The molecule has 182 valence electrons. The van der Waals surface area contributed by atoms with Crippen molar-refractivity contribution in [1.29, 1.82) is 0 Å². The highest BCUT2D eigenvalue weighted by atomic mass is 16.2. The number of carbonyl (C=O) groups excluding carboxylic acids is 2. The van der Waals surface area contributed by atoms with Crippen molar-refractivity contribution in [3.63, 3.8) is 0 Å². The maximum atomic E-state index is 13.4. The molecule has 0 bridgehead atoms. The van der Waals surface area contributed by atoms with Crippen LogP contribution in [0.3, 0.4) is 0 Å². The number of para-hydroxylation sites is 2. The van der Waals surface area contributed by atoms with E-state index in [1.165, 1.54) is 0 Å². The lowest BCUT2D eigenvalue weighted by atomic mass is 10.0. The van der Waals surface area contributed by atoms with Crippen LogP contribution in [-0.4, -0.2) is 58.0 Å². The van der Waals surface area contributed by atoms with Crippen molar-refractivity contribution in [1.82, 2.24) is 24.3 Å². The third kappa shape index (κ3) is 4.30. The van der Waals surface area contributed by atoms with Crippen LogP contribution in [0.2, 0.25) is 0 Å². The molecule has 0 radical (unpaired) electrons. The second-order valence-corrected chi connectivity index (χ2v) is 9.79. The second kappa shape index (κ2) is 9.19. The molecule has 2 atom stereocenters. The minimum Gasteiger partial charge on any atom is -0.350 e. The number of benzene rings is 2. The van der Waals surface area contributed by atoms with Gasteiger partial charge in [0.05, 0.1) is 11.0 Å². The summed E-state index contributed by atoms with van der Waals surface area (Å²) in [7, 11) is 4.11. The highest BCUT2D eigenvalue weighted by Crippen LogP contribution is 2.31. The molecule has 3 heterocycles. The van der Waals surface area contributed by atoms with Crippen molar-refractivity contribution in [2.24, 2.45) is 5.92 Å². The predicted molar refractivity (Wildman–Crippen MR) is 139 cm³/mol. The molecule has 8 heteroatoms. The molecule has 2 N–H and O–H groups in total. The van der Waals surface area contributed by atoms with Gasteiger partial charge in [0, 0.05) is 35.6 Å². The van der Waals surface area contributed by atoms with Gasteiger partial charge in [-0.25, -0.2) is 4.98 Å². The summed E-state index contributed by atoms with van der Waals surface area (Å²) in [6, 6.07) is 15.6. The maximum absolute atomic E-state index is 13.4. The van der Waals surface area contributed by atoms with Gasteiger partial charge in [-0.1, -0.05) is 25.1 Å². The number of hydrogen-bond donors (Lipinski definition) is 2. The highest BCUT2D eigenvalue weighted by molar-refractivity contribution is 6.07. The molecule has 0 fully saturated rings. The third-order valence-electron chi connectivity index (χ3n) is 7.02. The van der Waals surface area contributed by atoms with E-state index in [1.807, 2.05) is 48.5 Å². The fraction of sp³-hybridized carbons (Fsp3) is 0.370. The molecule has 2 aromatic heterocycles. The Hall–Kier alpha value is -3.65. The number of hydrogen-bond acceptors (Lipinski definition) is 4. The normalized spacial score (nSPS) is 18.0.